The molecule has 4 amide bonds. The third-order valence-electron chi connectivity index (χ3n) is 5.91. The van der Waals surface area contributed by atoms with E-state index < -0.39 is 0 Å². The maximum absolute atomic E-state index is 12.8. The van der Waals surface area contributed by atoms with E-state index in [1.54, 1.807) is 52.3 Å². The summed E-state index contributed by atoms with van der Waals surface area (Å²) in [5, 5.41) is 0. The van der Waals surface area contributed by atoms with Gasteiger partial charge in [0.25, 0.3) is 17.7 Å². The van der Waals surface area contributed by atoms with Gasteiger partial charge in [-0.2, -0.15) is 0 Å². The summed E-state index contributed by atoms with van der Waals surface area (Å²) >= 11 is 0. The number of hydrogen-bond acceptors (Lipinski definition) is 5. The van der Waals surface area contributed by atoms with Crippen LogP contribution in [0, 0.1) is 0 Å². The predicted molar refractivity (Wildman–Crippen MR) is 117 cm³/mol. The lowest BCUT2D eigenvalue weighted by Crippen LogP contribution is -2.50. The van der Waals surface area contributed by atoms with Gasteiger partial charge in [0.15, 0.2) is 0 Å². The van der Waals surface area contributed by atoms with Crippen LogP contribution in [-0.2, 0) is 4.79 Å². The Hall–Kier alpha value is -3.68. The first kappa shape index (κ1) is 21.5. The minimum absolute atomic E-state index is 0.0361. The summed E-state index contributed by atoms with van der Waals surface area (Å²) in [6.45, 7) is 2.01. The maximum Gasteiger partial charge on any atom is 0.261 e. The van der Waals surface area contributed by atoms with Crippen molar-refractivity contribution in [1.82, 2.24) is 14.7 Å². The van der Waals surface area contributed by atoms with E-state index in [0.29, 0.717) is 55.0 Å². The summed E-state index contributed by atoms with van der Waals surface area (Å²) in [5.74, 6) is -0.224. The summed E-state index contributed by atoms with van der Waals surface area (Å²) in [7, 11) is 1.53. The zero-order valence-electron chi connectivity index (χ0n) is 18.0. The van der Waals surface area contributed by atoms with E-state index >= 15 is 0 Å². The van der Waals surface area contributed by atoms with Gasteiger partial charge in [0.05, 0.1) is 23.8 Å². The maximum atomic E-state index is 12.8. The molecule has 0 saturated carbocycles. The number of rotatable bonds is 6. The molecule has 0 aliphatic carbocycles. The number of hydrogen-bond donors (Lipinski definition) is 0. The summed E-state index contributed by atoms with van der Waals surface area (Å²) in [6.07, 6.45) is 0.651. The molecule has 8 nitrogen and oxygen atoms in total. The molecule has 2 aromatic rings. The number of nitrogens with zero attached hydrogens (tertiary/aromatic N) is 3. The van der Waals surface area contributed by atoms with Crippen LogP contribution in [0.3, 0.4) is 0 Å². The van der Waals surface area contributed by atoms with Crippen molar-refractivity contribution < 1.29 is 23.9 Å². The highest BCUT2D eigenvalue weighted by Crippen LogP contribution is 2.23. The molecule has 0 radical (unpaired) electrons. The molecule has 2 aromatic carbocycles. The SMILES string of the molecule is COc1ccccc1C(=O)N1CCN(C(=O)CCCN2C(=O)c3ccccc3C2=O)CC1. The lowest BCUT2D eigenvalue weighted by Gasteiger charge is -2.35. The van der Waals surface area contributed by atoms with Crippen LogP contribution in [0.15, 0.2) is 48.5 Å². The Balaban J connectivity index is 1.25. The van der Waals surface area contributed by atoms with Gasteiger partial charge in [-0.15, -0.1) is 0 Å². The van der Waals surface area contributed by atoms with Crippen LogP contribution >= 0.6 is 0 Å². The normalized spacial score (nSPS) is 15.7. The fourth-order valence-electron chi connectivity index (χ4n) is 4.14. The van der Waals surface area contributed by atoms with Gasteiger partial charge >= 0.3 is 0 Å². The second kappa shape index (κ2) is 9.21. The molecule has 166 valence electrons. The van der Waals surface area contributed by atoms with E-state index in [0.717, 1.165) is 0 Å². The zero-order valence-corrected chi connectivity index (χ0v) is 18.0. The standard InChI is InChI=1S/C24H25N3O5/c1-32-20-10-5-4-9-19(20)22(29)26-15-13-25(14-16-26)21(28)11-6-12-27-23(30)17-7-2-3-8-18(17)24(27)31/h2-5,7-10H,6,11-16H2,1H3. The first-order valence-corrected chi connectivity index (χ1v) is 10.7. The molecular weight excluding hydrogens is 410 g/mol. The number of para-hydroxylation sites is 1. The molecule has 0 bridgehead atoms. The lowest BCUT2D eigenvalue weighted by atomic mass is 10.1. The van der Waals surface area contributed by atoms with Gasteiger partial charge in [-0.3, -0.25) is 24.1 Å². The number of carbonyl (C=O) groups is 4. The molecule has 0 N–H and O–H groups in total. The third-order valence-corrected chi connectivity index (χ3v) is 5.91. The third kappa shape index (κ3) is 4.08. The van der Waals surface area contributed by atoms with Crippen LogP contribution in [0.1, 0.15) is 43.9 Å². The molecule has 0 spiro atoms. The molecule has 32 heavy (non-hydrogen) atoms. The van der Waals surface area contributed by atoms with Gasteiger partial charge in [0, 0.05) is 39.1 Å². The second-order valence-electron chi connectivity index (χ2n) is 7.78. The summed E-state index contributed by atoms with van der Waals surface area (Å²) in [6, 6.07) is 13.8. The van der Waals surface area contributed by atoms with Gasteiger partial charge in [0.2, 0.25) is 5.91 Å². The average Bonchev–Trinajstić information content (AvgIpc) is 3.08. The molecule has 2 aliphatic heterocycles. The van der Waals surface area contributed by atoms with Crippen LogP contribution in [0.5, 0.6) is 5.75 Å². The number of methoxy groups -OCH3 is 1. The van der Waals surface area contributed by atoms with Gasteiger partial charge in [-0.1, -0.05) is 24.3 Å². The van der Waals surface area contributed by atoms with Crippen molar-refractivity contribution in [3.8, 4) is 5.75 Å². The minimum Gasteiger partial charge on any atom is -0.496 e. The predicted octanol–water partition coefficient (Wildman–Crippen LogP) is 2.06. The Labute approximate surface area is 186 Å². The number of benzene rings is 2. The highest BCUT2D eigenvalue weighted by molar-refractivity contribution is 6.21. The highest BCUT2D eigenvalue weighted by atomic mass is 16.5. The molecule has 1 fully saturated rings. The van der Waals surface area contributed by atoms with Crippen molar-refractivity contribution in [2.75, 3.05) is 39.8 Å². The Morgan fingerprint density at radius 3 is 2.03 bits per heavy atom. The fourth-order valence-corrected chi connectivity index (χ4v) is 4.14. The molecule has 0 aromatic heterocycles. The van der Waals surface area contributed by atoms with Crippen LogP contribution in [0.25, 0.3) is 0 Å². The van der Waals surface area contributed by atoms with E-state index in [4.69, 9.17) is 4.74 Å². The number of piperazine rings is 1. The molecule has 1 saturated heterocycles. The lowest BCUT2D eigenvalue weighted by molar-refractivity contribution is -0.132. The van der Waals surface area contributed by atoms with E-state index in [9.17, 15) is 19.2 Å². The first-order chi connectivity index (χ1) is 15.5. The van der Waals surface area contributed by atoms with Crippen molar-refractivity contribution in [2.24, 2.45) is 0 Å². The number of imide groups is 1. The van der Waals surface area contributed by atoms with E-state index in [1.807, 2.05) is 6.07 Å². The fraction of sp³-hybridized carbons (Fsp3) is 0.333. The van der Waals surface area contributed by atoms with E-state index in [-0.39, 0.29) is 36.6 Å². The Morgan fingerprint density at radius 2 is 1.41 bits per heavy atom. The van der Waals surface area contributed by atoms with E-state index in [1.165, 1.54) is 12.0 Å². The smallest absolute Gasteiger partial charge is 0.261 e. The van der Waals surface area contributed by atoms with Crippen molar-refractivity contribution >= 4 is 23.6 Å². The topological polar surface area (TPSA) is 87.2 Å². The van der Waals surface area contributed by atoms with Crippen LogP contribution in [0.2, 0.25) is 0 Å². The summed E-state index contributed by atoms with van der Waals surface area (Å²) < 4.78 is 5.27. The van der Waals surface area contributed by atoms with Crippen molar-refractivity contribution in [1.29, 1.82) is 0 Å². The zero-order chi connectivity index (χ0) is 22.7. The Morgan fingerprint density at radius 1 is 0.844 bits per heavy atom. The van der Waals surface area contributed by atoms with Crippen molar-refractivity contribution in [3.63, 3.8) is 0 Å². The van der Waals surface area contributed by atoms with Crippen molar-refractivity contribution in [2.45, 2.75) is 12.8 Å². The van der Waals surface area contributed by atoms with Gasteiger partial charge in [-0.25, -0.2) is 0 Å². The monoisotopic (exact) mass is 435 g/mol. The summed E-state index contributed by atoms with van der Waals surface area (Å²) in [5.41, 5.74) is 1.34. The number of amides is 4. The first-order valence-electron chi connectivity index (χ1n) is 10.7. The number of carbonyl (C=O) groups excluding carboxylic acids is 4. The summed E-state index contributed by atoms with van der Waals surface area (Å²) in [4.78, 5) is 54.9. The molecule has 2 heterocycles. The van der Waals surface area contributed by atoms with Gasteiger partial charge < -0.3 is 14.5 Å². The number of fused-ring (bicyclic) bond motifs is 1. The van der Waals surface area contributed by atoms with Crippen LogP contribution in [-0.4, -0.2) is 78.2 Å². The van der Waals surface area contributed by atoms with Crippen LogP contribution in [0.4, 0.5) is 0 Å². The van der Waals surface area contributed by atoms with E-state index in [2.05, 4.69) is 0 Å². The average molecular weight is 435 g/mol. The Bertz CT molecular complexity index is 1020. The largest absolute Gasteiger partial charge is 0.496 e. The molecule has 0 unspecified atom stereocenters. The molecular formula is C24H25N3O5. The highest BCUT2D eigenvalue weighted by Gasteiger charge is 2.34. The van der Waals surface area contributed by atoms with Crippen LogP contribution < -0.4 is 4.74 Å². The quantitative estimate of drug-likeness (QED) is 0.649. The molecule has 0 atom stereocenters. The molecule has 2 aliphatic rings. The number of ether oxygens (including phenoxy) is 1. The Kier molecular flexibility index (Phi) is 6.20. The van der Waals surface area contributed by atoms with Crippen molar-refractivity contribution in [3.05, 3.63) is 65.2 Å². The molecule has 4 rings (SSSR count). The van der Waals surface area contributed by atoms with Gasteiger partial charge in [0.1, 0.15) is 5.75 Å². The minimum atomic E-state index is -0.304. The second-order valence-corrected chi connectivity index (χ2v) is 7.78. The van der Waals surface area contributed by atoms with Gasteiger partial charge in [-0.05, 0) is 30.7 Å². The molecule has 8 heteroatoms.